The summed E-state index contributed by atoms with van der Waals surface area (Å²) in [5.41, 5.74) is 0.377. The summed E-state index contributed by atoms with van der Waals surface area (Å²) in [4.78, 5) is 0. The molecule has 2 bridgehead atoms. The Hall–Kier alpha value is -0.0800. The summed E-state index contributed by atoms with van der Waals surface area (Å²) < 4.78 is 6.24. The number of aliphatic hydroxyl groups excluding tert-OH is 1. The van der Waals surface area contributed by atoms with Gasteiger partial charge in [0.2, 0.25) is 0 Å². The van der Waals surface area contributed by atoms with Gasteiger partial charge in [0.05, 0.1) is 11.7 Å². The van der Waals surface area contributed by atoms with Crippen LogP contribution in [0.3, 0.4) is 0 Å². The molecule has 1 aliphatic heterocycles. The lowest BCUT2D eigenvalue weighted by atomic mass is 9.57. The highest BCUT2D eigenvalue weighted by Crippen LogP contribution is 2.70. The van der Waals surface area contributed by atoms with Crippen LogP contribution in [-0.2, 0) is 4.74 Å². The van der Waals surface area contributed by atoms with Crippen molar-refractivity contribution in [3.63, 3.8) is 0 Å². The third-order valence-electron chi connectivity index (χ3n) is 5.66. The highest BCUT2D eigenvalue weighted by atomic mass is 16.6. The van der Waals surface area contributed by atoms with E-state index in [4.69, 9.17) is 4.74 Å². The van der Waals surface area contributed by atoms with Crippen molar-refractivity contribution in [1.82, 2.24) is 0 Å². The van der Waals surface area contributed by atoms with Crippen molar-refractivity contribution in [2.45, 2.75) is 68.7 Å². The largest absolute Gasteiger partial charge is 0.392 e. The van der Waals surface area contributed by atoms with Crippen LogP contribution >= 0.6 is 0 Å². The maximum Gasteiger partial charge on any atom is 0.103 e. The minimum atomic E-state index is -0.0486. The maximum absolute atomic E-state index is 10.3. The van der Waals surface area contributed by atoms with E-state index >= 15 is 0 Å². The van der Waals surface area contributed by atoms with Gasteiger partial charge in [-0.3, -0.25) is 0 Å². The van der Waals surface area contributed by atoms with E-state index < -0.39 is 0 Å². The summed E-state index contributed by atoms with van der Waals surface area (Å²) in [6.45, 7) is 0. The molecule has 0 radical (unpaired) electrons. The van der Waals surface area contributed by atoms with E-state index in [2.05, 4.69) is 0 Å². The van der Waals surface area contributed by atoms with Crippen molar-refractivity contribution in [3.8, 4) is 0 Å². The molecule has 2 nitrogen and oxygen atoms in total. The summed E-state index contributed by atoms with van der Waals surface area (Å²) in [6, 6.07) is 0. The van der Waals surface area contributed by atoms with Crippen LogP contribution in [0.25, 0.3) is 0 Å². The molecule has 15 heavy (non-hydrogen) atoms. The standard InChI is InChI=1S/C13H20O2/c14-11-9-4-3-5-10(11)13-7-2-1-6-12(13,8-9)15-13/h9-11,14H,1-8H2. The number of fused-ring (bicyclic) bond motifs is 2. The van der Waals surface area contributed by atoms with E-state index in [0.717, 1.165) is 6.42 Å². The first kappa shape index (κ1) is 9.00. The number of aliphatic hydroxyl groups is 1. The van der Waals surface area contributed by atoms with Gasteiger partial charge in [0, 0.05) is 5.92 Å². The highest BCUT2D eigenvalue weighted by molar-refractivity contribution is 5.25. The number of hydrogen-bond donors (Lipinski definition) is 1. The van der Waals surface area contributed by atoms with Crippen molar-refractivity contribution in [1.29, 1.82) is 0 Å². The summed E-state index contributed by atoms with van der Waals surface area (Å²) in [6.07, 6.45) is 10.0. The summed E-state index contributed by atoms with van der Waals surface area (Å²) in [7, 11) is 0. The molecule has 3 aliphatic carbocycles. The van der Waals surface area contributed by atoms with E-state index in [0.29, 0.717) is 11.8 Å². The molecule has 4 rings (SSSR count). The maximum atomic E-state index is 10.3. The third-order valence-corrected chi connectivity index (χ3v) is 5.66. The zero-order chi connectivity index (χ0) is 10.1. The molecule has 0 spiro atoms. The molecular weight excluding hydrogens is 188 g/mol. The molecule has 0 amide bonds. The second-order valence-electron chi connectivity index (χ2n) is 6.19. The van der Waals surface area contributed by atoms with Crippen LogP contribution in [0.15, 0.2) is 0 Å². The third kappa shape index (κ3) is 0.898. The molecule has 0 aromatic rings. The normalized spacial score (nSPS) is 61.8. The van der Waals surface area contributed by atoms with Crippen LogP contribution < -0.4 is 0 Å². The molecule has 4 fully saturated rings. The second-order valence-corrected chi connectivity index (χ2v) is 6.19. The monoisotopic (exact) mass is 208 g/mol. The van der Waals surface area contributed by atoms with Gasteiger partial charge in [-0.15, -0.1) is 0 Å². The summed E-state index contributed by atoms with van der Waals surface area (Å²) in [5.74, 6) is 1.03. The average molecular weight is 208 g/mol. The molecule has 0 aromatic carbocycles. The Balaban J connectivity index is 1.74. The minimum Gasteiger partial charge on any atom is -0.392 e. The van der Waals surface area contributed by atoms with E-state index in [1.807, 2.05) is 0 Å². The highest BCUT2D eigenvalue weighted by Gasteiger charge is 2.77. The Bertz CT molecular complexity index is 303. The Morgan fingerprint density at radius 1 is 1.07 bits per heavy atom. The minimum absolute atomic E-state index is 0.0486. The second kappa shape index (κ2) is 2.60. The fourth-order valence-electron chi connectivity index (χ4n) is 5.00. The van der Waals surface area contributed by atoms with Crippen molar-refractivity contribution in [3.05, 3.63) is 0 Å². The van der Waals surface area contributed by atoms with Crippen molar-refractivity contribution < 1.29 is 9.84 Å². The smallest absolute Gasteiger partial charge is 0.103 e. The number of rotatable bonds is 0. The molecule has 5 atom stereocenters. The quantitative estimate of drug-likeness (QED) is 0.619. The summed E-state index contributed by atoms with van der Waals surface area (Å²) >= 11 is 0. The lowest BCUT2D eigenvalue weighted by Crippen LogP contribution is -2.53. The first-order valence-electron chi connectivity index (χ1n) is 6.66. The van der Waals surface area contributed by atoms with E-state index in [1.54, 1.807) is 0 Å². The van der Waals surface area contributed by atoms with Crippen molar-refractivity contribution in [2.24, 2.45) is 11.8 Å². The predicted molar refractivity (Wildman–Crippen MR) is 56.5 cm³/mol. The molecule has 84 valence electrons. The van der Waals surface area contributed by atoms with Crippen LogP contribution in [0.1, 0.15) is 51.4 Å². The van der Waals surface area contributed by atoms with Crippen LogP contribution in [0.4, 0.5) is 0 Å². The van der Waals surface area contributed by atoms with Gasteiger partial charge in [-0.05, 0) is 38.0 Å². The zero-order valence-electron chi connectivity index (χ0n) is 9.24. The zero-order valence-corrected chi connectivity index (χ0v) is 9.24. The van der Waals surface area contributed by atoms with Crippen molar-refractivity contribution in [2.75, 3.05) is 0 Å². The van der Waals surface area contributed by atoms with Crippen LogP contribution in [-0.4, -0.2) is 22.4 Å². The molecule has 1 heterocycles. The first-order valence-corrected chi connectivity index (χ1v) is 6.66. The summed E-state index contributed by atoms with van der Waals surface area (Å²) in [5, 5.41) is 10.3. The van der Waals surface area contributed by atoms with Gasteiger partial charge in [0.25, 0.3) is 0 Å². The average Bonchev–Trinajstić information content (AvgIpc) is 2.88. The number of hydrogen-bond acceptors (Lipinski definition) is 2. The first-order chi connectivity index (χ1) is 7.28. The molecule has 0 aromatic heterocycles. The molecule has 3 saturated carbocycles. The fraction of sp³-hybridized carbons (Fsp3) is 1.00. The molecule has 4 aliphatic rings. The Morgan fingerprint density at radius 3 is 2.87 bits per heavy atom. The fourth-order valence-corrected chi connectivity index (χ4v) is 5.00. The van der Waals surface area contributed by atoms with E-state index in [1.165, 1.54) is 44.9 Å². The molecule has 1 N–H and O–H groups in total. The lowest BCUT2D eigenvalue weighted by molar-refractivity contribution is -0.0447. The van der Waals surface area contributed by atoms with Gasteiger partial charge in [-0.2, -0.15) is 0 Å². The molecule has 1 saturated heterocycles. The Morgan fingerprint density at radius 2 is 1.93 bits per heavy atom. The van der Waals surface area contributed by atoms with Gasteiger partial charge in [-0.25, -0.2) is 0 Å². The Labute approximate surface area is 91.0 Å². The number of epoxide rings is 1. The van der Waals surface area contributed by atoms with Gasteiger partial charge in [0.1, 0.15) is 5.60 Å². The molecule has 5 unspecified atom stereocenters. The molecule has 2 heteroatoms. The predicted octanol–water partition coefficient (Wildman–Crippen LogP) is 2.25. The van der Waals surface area contributed by atoms with Crippen molar-refractivity contribution >= 4 is 0 Å². The SMILES string of the molecule is OC1C2CCCC1C13CCCCC1(C2)O3. The topological polar surface area (TPSA) is 32.8 Å². The van der Waals surface area contributed by atoms with Crippen LogP contribution in [0.5, 0.6) is 0 Å². The van der Waals surface area contributed by atoms with E-state index in [9.17, 15) is 5.11 Å². The van der Waals surface area contributed by atoms with Crippen LogP contribution in [0, 0.1) is 11.8 Å². The lowest BCUT2D eigenvalue weighted by Gasteiger charge is -2.46. The number of ether oxygens (including phenoxy) is 1. The van der Waals surface area contributed by atoms with Crippen LogP contribution in [0.2, 0.25) is 0 Å². The van der Waals surface area contributed by atoms with Gasteiger partial charge in [0.15, 0.2) is 0 Å². The van der Waals surface area contributed by atoms with Gasteiger partial charge < -0.3 is 9.84 Å². The van der Waals surface area contributed by atoms with Gasteiger partial charge in [-0.1, -0.05) is 19.3 Å². The van der Waals surface area contributed by atoms with E-state index in [-0.39, 0.29) is 17.3 Å². The Kier molecular flexibility index (Phi) is 1.56. The van der Waals surface area contributed by atoms with Gasteiger partial charge >= 0.3 is 0 Å². The molecular formula is C13H20O2.